The van der Waals surface area contributed by atoms with Crippen molar-refractivity contribution < 1.29 is 24.0 Å². The second kappa shape index (κ2) is 6.29. The maximum absolute atomic E-state index is 12.0. The van der Waals surface area contributed by atoms with Gasteiger partial charge in [-0.05, 0) is 18.2 Å². The normalized spacial score (nSPS) is 9.71. The molecule has 21 heavy (non-hydrogen) atoms. The molecule has 0 N–H and O–H groups in total. The maximum atomic E-state index is 12.0. The van der Waals surface area contributed by atoms with Crippen LogP contribution in [0.1, 0.15) is 10.4 Å². The molecular formula is C14H9NO6. The summed E-state index contributed by atoms with van der Waals surface area (Å²) in [6.45, 7) is 0.125. The van der Waals surface area contributed by atoms with E-state index in [0.29, 0.717) is 0 Å². The Bertz CT molecular complexity index is 683. The number of rotatable bonds is 5. The molecule has 0 heterocycles. The van der Waals surface area contributed by atoms with Crippen LogP contribution in [0, 0.1) is 10.1 Å². The number of hydrogen-bond donors (Lipinski definition) is 0. The van der Waals surface area contributed by atoms with E-state index >= 15 is 0 Å². The molecule has 106 valence electrons. The summed E-state index contributed by atoms with van der Waals surface area (Å²) in [5.41, 5.74) is -0.520. The number of non-ortho nitro benzene ring substituents is 1. The van der Waals surface area contributed by atoms with Crippen LogP contribution in [-0.2, 0) is 4.79 Å². The van der Waals surface area contributed by atoms with E-state index in [2.05, 4.69) is 4.74 Å². The number of carbonyl (C=O) groups is 2. The maximum Gasteiger partial charge on any atom is 0.347 e. The minimum atomic E-state index is -0.859. The number of nitrogens with zero attached hydrogens (tertiary/aromatic N) is 1. The summed E-state index contributed by atoms with van der Waals surface area (Å²) in [6.07, 6.45) is 0. The van der Waals surface area contributed by atoms with Gasteiger partial charge < -0.3 is 9.47 Å². The molecule has 0 saturated carbocycles. The fraction of sp³-hybridized carbons (Fsp3) is 0. The van der Waals surface area contributed by atoms with E-state index in [1.165, 1.54) is 0 Å². The summed E-state index contributed by atoms with van der Waals surface area (Å²) in [5, 5.41) is 10.7. The predicted molar refractivity (Wildman–Crippen MR) is 71.2 cm³/mol. The molecule has 0 aromatic heterocycles. The van der Waals surface area contributed by atoms with Gasteiger partial charge in [-0.15, -0.1) is 0 Å². The van der Waals surface area contributed by atoms with E-state index in [1.807, 2.05) is 0 Å². The SMILES string of the molecule is O=COc1ccc([N+](=O)[O-])cc1C(=O)Oc1ccccc1. The first kappa shape index (κ1) is 14.2. The van der Waals surface area contributed by atoms with Crippen LogP contribution in [0.2, 0.25) is 0 Å². The Hall–Kier alpha value is -3.22. The molecule has 0 aliphatic heterocycles. The van der Waals surface area contributed by atoms with Crippen LogP contribution >= 0.6 is 0 Å². The number of benzene rings is 2. The number of esters is 1. The molecule has 0 bridgehead atoms. The largest absolute Gasteiger partial charge is 0.428 e. The van der Waals surface area contributed by atoms with Crippen LogP contribution in [0.3, 0.4) is 0 Å². The average Bonchev–Trinajstić information content (AvgIpc) is 2.48. The van der Waals surface area contributed by atoms with Crippen LogP contribution in [-0.4, -0.2) is 17.4 Å². The Morgan fingerprint density at radius 2 is 1.86 bits per heavy atom. The van der Waals surface area contributed by atoms with Crippen molar-refractivity contribution in [2.75, 3.05) is 0 Å². The zero-order valence-corrected chi connectivity index (χ0v) is 10.6. The van der Waals surface area contributed by atoms with Crippen LogP contribution in [0.25, 0.3) is 0 Å². The fourth-order valence-corrected chi connectivity index (χ4v) is 1.60. The lowest BCUT2D eigenvalue weighted by molar-refractivity contribution is -0.384. The topological polar surface area (TPSA) is 95.7 Å². The highest BCUT2D eigenvalue weighted by atomic mass is 16.6. The Morgan fingerprint density at radius 1 is 1.14 bits per heavy atom. The van der Waals surface area contributed by atoms with Crippen molar-refractivity contribution in [1.29, 1.82) is 0 Å². The van der Waals surface area contributed by atoms with E-state index in [-0.39, 0.29) is 29.2 Å². The van der Waals surface area contributed by atoms with Gasteiger partial charge in [-0.2, -0.15) is 0 Å². The monoisotopic (exact) mass is 287 g/mol. The summed E-state index contributed by atoms with van der Waals surface area (Å²) < 4.78 is 9.69. The van der Waals surface area contributed by atoms with Crippen LogP contribution < -0.4 is 9.47 Å². The highest BCUT2D eigenvalue weighted by Crippen LogP contribution is 2.25. The van der Waals surface area contributed by atoms with E-state index < -0.39 is 10.9 Å². The summed E-state index contributed by atoms with van der Waals surface area (Å²) in [6, 6.07) is 11.4. The third-order valence-corrected chi connectivity index (χ3v) is 2.52. The quantitative estimate of drug-likeness (QED) is 0.275. The fourth-order valence-electron chi connectivity index (χ4n) is 1.60. The molecule has 2 rings (SSSR count). The first-order valence-corrected chi connectivity index (χ1v) is 5.78. The summed E-state index contributed by atoms with van der Waals surface area (Å²) in [5.74, 6) is -0.704. The average molecular weight is 287 g/mol. The molecule has 0 fully saturated rings. The molecule has 0 aliphatic rings. The van der Waals surface area contributed by atoms with Gasteiger partial charge >= 0.3 is 5.97 Å². The van der Waals surface area contributed by atoms with Gasteiger partial charge in [0.2, 0.25) is 0 Å². The predicted octanol–water partition coefficient (Wildman–Crippen LogP) is 2.35. The number of nitro benzene ring substituents is 1. The van der Waals surface area contributed by atoms with Gasteiger partial charge in [-0.25, -0.2) is 4.79 Å². The number of ether oxygens (including phenoxy) is 2. The molecule has 7 nitrogen and oxygen atoms in total. The molecule has 2 aromatic rings. The molecule has 2 aromatic carbocycles. The molecule has 0 radical (unpaired) electrons. The lowest BCUT2D eigenvalue weighted by atomic mass is 10.2. The lowest BCUT2D eigenvalue weighted by Gasteiger charge is -2.07. The van der Waals surface area contributed by atoms with Gasteiger partial charge in [0.1, 0.15) is 17.1 Å². The van der Waals surface area contributed by atoms with Gasteiger partial charge in [-0.1, -0.05) is 18.2 Å². The summed E-state index contributed by atoms with van der Waals surface area (Å²) >= 11 is 0. The van der Waals surface area contributed by atoms with E-state index in [4.69, 9.17) is 4.74 Å². The summed E-state index contributed by atoms with van der Waals surface area (Å²) in [4.78, 5) is 32.5. The van der Waals surface area contributed by atoms with Crippen molar-refractivity contribution in [1.82, 2.24) is 0 Å². The number of para-hydroxylation sites is 1. The van der Waals surface area contributed by atoms with Gasteiger partial charge in [0.05, 0.1) is 4.92 Å². The smallest absolute Gasteiger partial charge is 0.347 e. The molecule has 7 heteroatoms. The molecular weight excluding hydrogens is 278 g/mol. The number of carbonyl (C=O) groups excluding carboxylic acids is 2. The van der Waals surface area contributed by atoms with Crippen molar-refractivity contribution >= 4 is 18.1 Å². The second-order valence-electron chi connectivity index (χ2n) is 3.85. The zero-order valence-electron chi connectivity index (χ0n) is 10.6. The number of hydrogen-bond acceptors (Lipinski definition) is 6. The van der Waals surface area contributed by atoms with E-state index in [1.54, 1.807) is 30.3 Å². The standard InChI is InChI=1S/C14H9NO6/c16-9-20-13-7-6-10(15(18)19)8-12(13)14(17)21-11-4-2-1-3-5-11/h1-9H. The molecule has 0 unspecified atom stereocenters. The molecule has 0 atom stereocenters. The molecule has 0 amide bonds. The van der Waals surface area contributed by atoms with Crippen molar-refractivity contribution in [3.8, 4) is 11.5 Å². The van der Waals surface area contributed by atoms with Gasteiger partial charge in [-0.3, -0.25) is 14.9 Å². The van der Waals surface area contributed by atoms with Gasteiger partial charge in [0, 0.05) is 12.1 Å². The molecule has 0 aliphatic carbocycles. The van der Waals surface area contributed by atoms with Gasteiger partial charge in [0.25, 0.3) is 12.2 Å². The van der Waals surface area contributed by atoms with Crippen molar-refractivity contribution in [3.63, 3.8) is 0 Å². The Labute approximate surface area is 118 Å². The van der Waals surface area contributed by atoms with Gasteiger partial charge in [0.15, 0.2) is 0 Å². The third-order valence-electron chi connectivity index (χ3n) is 2.52. The Balaban J connectivity index is 2.35. The van der Waals surface area contributed by atoms with Crippen molar-refractivity contribution in [2.24, 2.45) is 0 Å². The minimum absolute atomic E-state index is 0.114. The highest BCUT2D eigenvalue weighted by molar-refractivity contribution is 5.95. The van der Waals surface area contributed by atoms with E-state index in [0.717, 1.165) is 18.2 Å². The second-order valence-corrected chi connectivity index (χ2v) is 3.85. The van der Waals surface area contributed by atoms with Crippen molar-refractivity contribution in [3.05, 3.63) is 64.2 Å². The van der Waals surface area contributed by atoms with Crippen LogP contribution in [0.5, 0.6) is 11.5 Å². The summed E-state index contributed by atoms with van der Waals surface area (Å²) in [7, 11) is 0. The molecule has 0 spiro atoms. The van der Waals surface area contributed by atoms with Crippen molar-refractivity contribution in [2.45, 2.75) is 0 Å². The Morgan fingerprint density at radius 3 is 2.48 bits per heavy atom. The lowest BCUT2D eigenvalue weighted by Crippen LogP contribution is -2.11. The Kier molecular flexibility index (Phi) is 4.25. The van der Waals surface area contributed by atoms with Crippen LogP contribution in [0.4, 0.5) is 5.69 Å². The highest BCUT2D eigenvalue weighted by Gasteiger charge is 2.19. The van der Waals surface area contributed by atoms with E-state index in [9.17, 15) is 19.7 Å². The first-order chi connectivity index (χ1) is 10.1. The minimum Gasteiger partial charge on any atom is -0.428 e. The number of nitro groups is 1. The zero-order chi connectivity index (χ0) is 15.2. The molecule has 0 saturated heterocycles. The first-order valence-electron chi connectivity index (χ1n) is 5.78. The van der Waals surface area contributed by atoms with Crippen LogP contribution in [0.15, 0.2) is 48.5 Å². The third kappa shape index (κ3) is 3.41.